The Morgan fingerprint density at radius 3 is 2.79 bits per heavy atom. The number of aromatic nitrogens is 2. The van der Waals surface area contributed by atoms with Crippen molar-refractivity contribution in [3.8, 4) is 0 Å². The smallest absolute Gasteiger partial charge is 0.296 e. The lowest BCUT2D eigenvalue weighted by Crippen LogP contribution is -2.44. The van der Waals surface area contributed by atoms with Crippen LogP contribution in [0.3, 0.4) is 0 Å². The fraction of sp³-hybridized carbons (Fsp3) is 0.474. The number of halogens is 2. The van der Waals surface area contributed by atoms with Gasteiger partial charge in [-0.1, -0.05) is 24.3 Å². The summed E-state index contributed by atoms with van der Waals surface area (Å²) < 4.78 is 39.9. The molecule has 0 amide bonds. The number of aliphatic hydroxyl groups is 2. The zero-order chi connectivity index (χ0) is 20.3. The second-order valence-electron chi connectivity index (χ2n) is 7.50. The molecule has 2 aromatic rings. The SMILES string of the molecule is Nc1ncnc2c1CCN2[C@@H]1O[C@H]([C@@H]2OCC(F)(F)c3ccccc32)[C@@H](O)[C@H]1O. The number of anilines is 2. The summed E-state index contributed by atoms with van der Waals surface area (Å²) in [5, 5.41) is 21.3. The maximum atomic E-state index is 14.2. The van der Waals surface area contributed by atoms with E-state index in [1.54, 1.807) is 11.0 Å². The Labute approximate surface area is 164 Å². The van der Waals surface area contributed by atoms with Gasteiger partial charge in [0.05, 0.1) is 0 Å². The van der Waals surface area contributed by atoms with Crippen molar-refractivity contribution < 1.29 is 28.5 Å². The Morgan fingerprint density at radius 1 is 1.17 bits per heavy atom. The van der Waals surface area contributed by atoms with Gasteiger partial charge < -0.3 is 30.3 Å². The highest BCUT2D eigenvalue weighted by atomic mass is 19.3. The first kappa shape index (κ1) is 18.6. The highest BCUT2D eigenvalue weighted by molar-refractivity contribution is 5.61. The number of benzene rings is 1. The number of nitrogens with zero attached hydrogens (tertiary/aromatic N) is 3. The second kappa shape index (κ2) is 6.56. The maximum absolute atomic E-state index is 14.2. The molecular formula is C19H20F2N4O4. The number of hydrogen-bond donors (Lipinski definition) is 3. The van der Waals surface area contributed by atoms with Gasteiger partial charge in [-0.2, -0.15) is 8.78 Å². The molecule has 0 saturated carbocycles. The number of alkyl halides is 2. The van der Waals surface area contributed by atoms with Crippen LogP contribution in [0.15, 0.2) is 30.6 Å². The summed E-state index contributed by atoms with van der Waals surface area (Å²) in [4.78, 5) is 9.91. The molecule has 1 aromatic heterocycles. The van der Waals surface area contributed by atoms with Gasteiger partial charge in [-0.15, -0.1) is 0 Å². The van der Waals surface area contributed by atoms with Crippen molar-refractivity contribution in [1.29, 1.82) is 0 Å². The van der Waals surface area contributed by atoms with E-state index in [9.17, 15) is 19.0 Å². The van der Waals surface area contributed by atoms with E-state index in [0.29, 0.717) is 24.6 Å². The summed E-state index contributed by atoms with van der Waals surface area (Å²) in [6.07, 6.45) is -3.57. The Kier molecular flexibility index (Phi) is 4.21. The van der Waals surface area contributed by atoms with Crippen LogP contribution in [-0.2, 0) is 21.8 Å². The quantitative estimate of drug-likeness (QED) is 0.669. The van der Waals surface area contributed by atoms with Crippen molar-refractivity contribution >= 4 is 11.6 Å². The molecule has 5 rings (SSSR count). The molecule has 8 nitrogen and oxygen atoms in total. The summed E-state index contributed by atoms with van der Waals surface area (Å²) >= 11 is 0. The predicted octanol–water partition coefficient (Wildman–Crippen LogP) is 0.731. The van der Waals surface area contributed by atoms with E-state index in [1.807, 2.05) is 0 Å². The van der Waals surface area contributed by atoms with Gasteiger partial charge in [0.1, 0.15) is 49.0 Å². The second-order valence-corrected chi connectivity index (χ2v) is 7.50. The molecule has 3 aliphatic heterocycles. The number of nitrogens with two attached hydrogens (primary N) is 1. The minimum Gasteiger partial charge on any atom is -0.387 e. The van der Waals surface area contributed by atoms with E-state index < -0.39 is 43.2 Å². The monoisotopic (exact) mass is 406 g/mol. The first-order chi connectivity index (χ1) is 13.9. The number of hydrogen-bond acceptors (Lipinski definition) is 8. The molecule has 0 unspecified atom stereocenters. The zero-order valence-corrected chi connectivity index (χ0v) is 15.3. The highest BCUT2D eigenvalue weighted by Gasteiger charge is 2.53. The van der Waals surface area contributed by atoms with Gasteiger partial charge in [-0.25, -0.2) is 9.97 Å². The molecule has 154 valence electrons. The van der Waals surface area contributed by atoms with E-state index in [4.69, 9.17) is 15.2 Å². The summed E-state index contributed by atoms with van der Waals surface area (Å²) in [5.74, 6) is -2.24. The lowest BCUT2D eigenvalue weighted by Gasteiger charge is -2.35. The van der Waals surface area contributed by atoms with Crippen LogP contribution in [0.5, 0.6) is 0 Å². The van der Waals surface area contributed by atoms with Crippen LogP contribution in [-0.4, -0.2) is 57.9 Å². The van der Waals surface area contributed by atoms with Gasteiger partial charge in [-0.05, 0) is 12.0 Å². The number of fused-ring (bicyclic) bond motifs is 2. The Balaban J connectivity index is 1.46. The molecule has 0 aliphatic carbocycles. The summed E-state index contributed by atoms with van der Waals surface area (Å²) in [6.45, 7) is -0.349. The molecule has 1 saturated heterocycles. The van der Waals surface area contributed by atoms with Crippen LogP contribution in [0, 0.1) is 0 Å². The van der Waals surface area contributed by atoms with Crippen LogP contribution in [0.4, 0.5) is 20.4 Å². The van der Waals surface area contributed by atoms with Gasteiger partial charge in [0.2, 0.25) is 0 Å². The minimum absolute atomic E-state index is 0.156. The van der Waals surface area contributed by atoms with E-state index in [0.717, 1.165) is 5.56 Å². The number of aliphatic hydroxyl groups excluding tert-OH is 2. The predicted molar refractivity (Wildman–Crippen MR) is 97.2 cm³/mol. The van der Waals surface area contributed by atoms with Gasteiger partial charge >= 0.3 is 0 Å². The molecule has 0 radical (unpaired) electrons. The van der Waals surface area contributed by atoms with E-state index in [-0.39, 0.29) is 11.1 Å². The molecule has 29 heavy (non-hydrogen) atoms. The van der Waals surface area contributed by atoms with Crippen LogP contribution >= 0.6 is 0 Å². The van der Waals surface area contributed by atoms with Crippen molar-refractivity contribution in [2.45, 2.75) is 43.0 Å². The number of rotatable bonds is 2. The van der Waals surface area contributed by atoms with E-state index in [1.165, 1.54) is 24.5 Å². The maximum Gasteiger partial charge on any atom is 0.296 e. The molecule has 4 heterocycles. The third-order valence-electron chi connectivity index (χ3n) is 5.82. The van der Waals surface area contributed by atoms with Crippen molar-refractivity contribution in [3.63, 3.8) is 0 Å². The van der Waals surface area contributed by atoms with Crippen molar-refractivity contribution in [2.24, 2.45) is 0 Å². The van der Waals surface area contributed by atoms with E-state index >= 15 is 0 Å². The van der Waals surface area contributed by atoms with Crippen LogP contribution < -0.4 is 10.6 Å². The Bertz CT molecular complexity index is 946. The van der Waals surface area contributed by atoms with Crippen LogP contribution in [0.1, 0.15) is 22.8 Å². The molecule has 4 N–H and O–H groups in total. The Morgan fingerprint density at radius 2 is 1.97 bits per heavy atom. The molecule has 3 aliphatic rings. The van der Waals surface area contributed by atoms with Crippen molar-refractivity contribution in [3.05, 3.63) is 47.3 Å². The first-order valence-corrected chi connectivity index (χ1v) is 9.35. The van der Waals surface area contributed by atoms with Gasteiger partial charge in [0.15, 0.2) is 6.23 Å². The lowest BCUT2D eigenvalue weighted by molar-refractivity contribution is -0.166. The van der Waals surface area contributed by atoms with Crippen molar-refractivity contribution in [1.82, 2.24) is 9.97 Å². The molecule has 1 aromatic carbocycles. The Hall–Kier alpha value is -2.40. The molecule has 5 atom stereocenters. The van der Waals surface area contributed by atoms with Gasteiger partial charge in [-0.3, -0.25) is 0 Å². The number of nitrogen functional groups attached to an aromatic ring is 1. The first-order valence-electron chi connectivity index (χ1n) is 9.35. The summed E-state index contributed by atoms with van der Waals surface area (Å²) in [6, 6.07) is 6.03. The van der Waals surface area contributed by atoms with Crippen LogP contribution in [0.2, 0.25) is 0 Å². The standard InChI is InChI=1S/C19H20F2N4O4/c20-19(21)7-28-14(9-3-1-2-4-11(9)19)15-12(26)13(27)18(29-15)25-6-5-10-16(22)23-8-24-17(10)25/h1-4,8,12-15,18,26-27H,5-7H2,(H2,22,23,24)/t12-,13+,14+,15-,18+/m0/s1. The summed E-state index contributed by atoms with van der Waals surface area (Å²) in [5.41, 5.74) is 6.74. The van der Waals surface area contributed by atoms with Crippen molar-refractivity contribution in [2.75, 3.05) is 23.8 Å². The molecule has 1 fully saturated rings. The third-order valence-corrected chi connectivity index (χ3v) is 5.82. The average Bonchev–Trinajstić information content (AvgIpc) is 3.25. The normalized spacial score (nSPS) is 32.8. The van der Waals surface area contributed by atoms with Gasteiger partial charge in [0, 0.05) is 17.7 Å². The lowest BCUT2D eigenvalue weighted by atomic mass is 9.90. The van der Waals surface area contributed by atoms with Gasteiger partial charge in [0.25, 0.3) is 5.92 Å². The zero-order valence-electron chi connectivity index (χ0n) is 15.3. The fourth-order valence-electron chi connectivity index (χ4n) is 4.39. The molecule has 0 spiro atoms. The summed E-state index contributed by atoms with van der Waals surface area (Å²) in [7, 11) is 0. The molecular weight excluding hydrogens is 386 g/mol. The number of ether oxygens (including phenoxy) is 2. The highest BCUT2D eigenvalue weighted by Crippen LogP contribution is 2.45. The van der Waals surface area contributed by atoms with Crippen LogP contribution in [0.25, 0.3) is 0 Å². The molecule has 10 heteroatoms. The molecule has 0 bridgehead atoms. The topological polar surface area (TPSA) is 114 Å². The average molecular weight is 406 g/mol. The van der Waals surface area contributed by atoms with E-state index in [2.05, 4.69) is 9.97 Å². The minimum atomic E-state index is -3.13. The third kappa shape index (κ3) is 2.78. The fourth-order valence-corrected chi connectivity index (χ4v) is 4.39. The largest absolute Gasteiger partial charge is 0.387 e.